The number of hydrogen-bond donors (Lipinski definition) is 1. The van der Waals surface area contributed by atoms with Gasteiger partial charge in [0.1, 0.15) is 5.60 Å². The Morgan fingerprint density at radius 3 is 2.41 bits per heavy atom. The molecule has 5 nitrogen and oxygen atoms in total. The molecule has 2 amide bonds. The fourth-order valence-corrected chi connectivity index (χ4v) is 5.06. The Kier molecular flexibility index (Phi) is 7.39. The molecular weight excluding hydrogens is 445 g/mol. The molecule has 0 radical (unpaired) electrons. The highest BCUT2D eigenvalue weighted by atomic mass is 19.4. The highest BCUT2D eigenvalue weighted by Gasteiger charge is 2.50. The van der Waals surface area contributed by atoms with Gasteiger partial charge in [-0.05, 0) is 69.6 Å². The minimum Gasteiger partial charge on any atom is -0.444 e. The number of alkyl halides is 3. The lowest BCUT2D eigenvalue weighted by Gasteiger charge is -2.39. The van der Waals surface area contributed by atoms with Gasteiger partial charge in [0.15, 0.2) is 0 Å². The summed E-state index contributed by atoms with van der Waals surface area (Å²) in [5, 5.41) is 2.90. The van der Waals surface area contributed by atoms with Crippen LogP contribution in [-0.2, 0) is 15.7 Å². The number of nitrogens with one attached hydrogen (secondary N) is 1. The Morgan fingerprint density at radius 2 is 1.85 bits per heavy atom. The number of hydrogen-bond acceptors (Lipinski definition) is 3. The van der Waals surface area contributed by atoms with Crippen LogP contribution in [0.4, 0.5) is 18.0 Å². The van der Waals surface area contributed by atoms with Crippen molar-refractivity contribution in [2.75, 3.05) is 13.1 Å². The lowest BCUT2D eigenvalue weighted by Crippen LogP contribution is -2.48. The first-order chi connectivity index (χ1) is 15.7. The maximum absolute atomic E-state index is 13.7. The first kappa shape index (κ1) is 26.1. The zero-order chi connectivity index (χ0) is 25.3. The number of carbonyl (C=O) groups excluding carboxylic acids is 2. The van der Waals surface area contributed by atoms with E-state index in [1.807, 2.05) is 13.8 Å². The highest BCUT2D eigenvalue weighted by Crippen LogP contribution is 2.46. The molecule has 0 aromatic heterocycles. The third kappa shape index (κ3) is 5.76. The van der Waals surface area contributed by atoms with Gasteiger partial charge < -0.3 is 15.0 Å². The molecule has 1 N–H and O–H groups in total. The van der Waals surface area contributed by atoms with Crippen LogP contribution in [0.3, 0.4) is 0 Å². The van der Waals surface area contributed by atoms with Crippen LogP contribution in [0.2, 0.25) is 0 Å². The highest BCUT2D eigenvalue weighted by molar-refractivity contribution is 5.85. The van der Waals surface area contributed by atoms with E-state index >= 15 is 0 Å². The van der Waals surface area contributed by atoms with Crippen LogP contribution in [-0.4, -0.2) is 41.6 Å². The summed E-state index contributed by atoms with van der Waals surface area (Å²) in [5.41, 5.74) is -1.06. The number of halogens is 3. The zero-order valence-corrected chi connectivity index (χ0v) is 20.6. The normalized spacial score (nSPS) is 23.6. The van der Waals surface area contributed by atoms with E-state index in [1.54, 1.807) is 37.8 Å². The largest absolute Gasteiger partial charge is 0.444 e. The van der Waals surface area contributed by atoms with E-state index < -0.39 is 28.8 Å². The second-order valence-corrected chi connectivity index (χ2v) is 10.7. The Bertz CT molecular complexity index is 949. The summed E-state index contributed by atoms with van der Waals surface area (Å²) in [4.78, 5) is 27.6. The van der Waals surface area contributed by atoms with Crippen molar-refractivity contribution in [1.29, 1.82) is 0 Å². The molecule has 1 aromatic carbocycles. The summed E-state index contributed by atoms with van der Waals surface area (Å²) >= 11 is 0. The predicted molar refractivity (Wildman–Crippen MR) is 125 cm³/mol. The van der Waals surface area contributed by atoms with E-state index in [-0.39, 0.29) is 30.0 Å². The van der Waals surface area contributed by atoms with Crippen LogP contribution in [0, 0.1) is 11.3 Å². The zero-order valence-electron chi connectivity index (χ0n) is 20.6. The Balaban J connectivity index is 1.72. The number of nitrogens with zero attached hydrogens (tertiary/aromatic N) is 1. The molecule has 2 unspecified atom stereocenters. The van der Waals surface area contributed by atoms with Gasteiger partial charge in [-0.3, -0.25) is 4.79 Å². The fourth-order valence-electron chi connectivity index (χ4n) is 5.06. The van der Waals surface area contributed by atoms with Gasteiger partial charge in [0, 0.05) is 19.1 Å². The van der Waals surface area contributed by atoms with Crippen molar-refractivity contribution in [1.82, 2.24) is 10.2 Å². The lowest BCUT2D eigenvalue weighted by molar-refractivity contribution is -0.144. The van der Waals surface area contributed by atoms with E-state index in [1.165, 1.54) is 12.1 Å². The molecule has 8 heteroatoms. The smallest absolute Gasteiger partial charge is 0.416 e. The minimum atomic E-state index is -4.42. The Labute approximate surface area is 199 Å². The maximum Gasteiger partial charge on any atom is 0.416 e. The average molecular weight is 481 g/mol. The van der Waals surface area contributed by atoms with E-state index in [0.717, 1.165) is 6.07 Å². The van der Waals surface area contributed by atoms with E-state index in [0.29, 0.717) is 37.8 Å². The van der Waals surface area contributed by atoms with Gasteiger partial charge >= 0.3 is 12.3 Å². The lowest BCUT2D eigenvalue weighted by atomic mass is 9.74. The summed E-state index contributed by atoms with van der Waals surface area (Å²) in [6.07, 6.45) is -0.958. The first-order valence-corrected chi connectivity index (χ1v) is 11.9. The van der Waals surface area contributed by atoms with Gasteiger partial charge in [-0.1, -0.05) is 38.1 Å². The first-order valence-electron chi connectivity index (χ1n) is 11.9. The van der Waals surface area contributed by atoms with Gasteiger partial charge in [0.05, 0.1) is 11.0 Å². The molecule has 34 heavy (non-hydrogen) atoms. The second-order valence-electron chi connectivity index (χ2n) is 10.7. The molecule has 1 aliphatic carbocycles. The van der Waals surface area contributed by atoms with Crippen molar-refractivity contribution in [2.45, 2.75) is 78.1 Å². The van der Waals surface area contributed by atoms with Crippen molar-refractivity contribution in [2.24, 2.45) is 11.3 Å². The van der Waals surface area contributed by atoms with Crippen molar-refractivity contribution in [3.8, 4) is 0 Å². The molecule has 1 heterocycles. The monoisotopic (exact) mass is 480 g/mol. The van der Waals surface area contributed by atoms with Gasteiger partial charge in [0.2, 0.25) is 5.91 Å². The fraction of sp³-hybridized carbons (Fsp3) is 0.615. The van der Waals surface area contributed by atoms with Gasteiger partial charge in [-0.25, -0.2) is 4.79 Å². The molecular formula is C26H35F3N2O3. The standard InChI is InChI=1S/C26H35F3N2O3/c1-17(2)25(13-10-19(16-25)30-23(33)34-24(3,4)5)22(32)31-14-11-18(12-15-31)20-8-6-7-9-21(20)26(27,28)29/h6-9,11,17,19H,10,12-16H2,1-5H3,(H,30,33). The summed E-state index contributed by atoms with van der Waals surface area (Å²) in [5.74, 6) is 0.0668. The predicted octanol–water partition coefficient (Wildman–Crippen LogP) is 6.04. The van der Waals surface area contributed by atoms with Crippen molar-refractivity contribution >= 4 is 17.6 Å². The quantitative estimate of drug-likeness (QED) is 0.572. The van der Waals surface area contributed by atoms with E-state index in [9.17, 15) is 22.8 Å². The number of rotatable bonds is 4. The number of ether oxygens (including phenoxy) is 1. The average Bonchev–Trinajstić information content (AvgIpc) is 3.16. The number of amides is 2. The summed E-state index contributed by atoms with van der Waals surface area (Å²) in [6.45, 7) is 10.1. The topological polar surface area (TPSA) is 58.6 Å². The van der Waals surface area contributed by atoms with Crippen molar-refractivity contribution < 1.29 is 27.5 Å². The second kappa shape index (κ2) is 9.62. The molecule has 1 fully saturated rings. The minimum absolute atomic E-state index is 0.00963. The molecule has 1 aliphatic heterocycles. The van der Waals surface area contributed by atoms with Crippen molar-refractivity contribution in [3.63, 3.8) is 0 Å². The molecule has 188 valence electrons. The third-order valence-corrected chi connectivity index (χ3v) is 6.88. The summed E-state index contributed by atoms with van der Waals surface area (Å²) in [7, 11) is 0. The van der Waals surface area contributed by atoms with E-state index in [2.05, 4.69) is 5.32 Å². The SMILES string of the molecule is CC(C)C1(C(=O)N2CC=C(c3ccccc3C(F)(F)F)CC2)CCC(NC(=O)OC(C)(C)C)C1. The van der Waals surface area contributed by atoms with Gasteiger partial charge in [-0.2, -0.15) is 13.2 Å². The third-order valence-electron chi connectivity index (χ3n) is 6.88. The van der Waals surface area contributed by atoms with E-state index in [4.69, 9.17) is 4.74 Å². The molecule has 0 saturated heterocycles. The van der Waals surface area contributed by atoms with Crippen LogP contribution >= 0.6 is 0 Å². The van der Waals surface area contributed by atoms with Crippen LogP contribution in [0.15, 0.2) is 30.3 Å². The maximum atomic E-state index is 13.7. The number of benzene rings is 1. The molecule has 2 atom stereocenters. The Hall–Kier alpha value is -2.51. The van der Waals surface area contributed by atoms with Crippen LogP contribution in [0.25, 0.3) is 5.57 Å². The summed E-state index contributed by atoms with van der Waals surface area (Å²) < 4.78 is 45.7. The van der Waals surface area contributed by atoms with Crippen molar-refractivity contribution in [3.05, 3.63) is 41.5 Å². The molecule has 1 aromatic rings. The molecule has 0 bridgehead atoms. The van der Waals surface area contributed by atoms with Crippen LogP contribution in [0.5, 0.6) is 0 Å². The molecule has 1 saturated carbocycles. The van der Waals surface area contributed by atoms with Gasteiger partial charge in [-0.15, -0.1) is 0 Å². The number of carbonyl (C=O) groups is 2. The molecule has 3 rings (SSSR count). The molecule has 0 spiro atoms. The van der Waals surface area contributed by atoms with Crippen LogP contribution < -0.4 is 5.32 Å². The molecule has 2 aliphatic rings. The van der Waals surface area contributed by atoms with Crippen LogP contribution in [0.1, 0.15) is 71.4 Å². The van der Waals surface area contributed by atoms with Gasteiger partial charge in [0.25, 0.3) is 0 Å². The Morgan fingerprint density at radius 1 is 1.18 bits per heavy atom. The number of alkyl carbamates (subject to hydrolysis) is 1. The summed E-state index contributed by atoms with van der Waals surface area (Å²) in [6, 6.07) is 5.42.